The molecule has 2 amide bonds. The number of hydrogen-bond donors (Lipinski definition) is 3. The fraction of sp³-hybridized carbons (Fsp3) is 0.348. The number of alkyl carbamates (subject to hydrolysis) is 1. The predicted molar refractivity (Wildman–Crippen MR) is 113 cm³/mol. The lowest BCUT2D eigenvalue weighted by atomic mass is 9.98. The van der Waals surface area contributed by atoms with Gasteiger partial charge in [-0.1, -0.05) is 48.5 Å². The van der Waals surface area contributed by atoms with Crippen LogP contribution in [0.15, 0.2) is 48.5 Å². The van der Waals surface area contributed by atoms with Gasteiger partial charge in [0.2, 0.25) is 5.54 Å². The van der Waals surface area contributed by atoms with E-state index in [0.717, 1.165) is 22.3 Å². The number of carboxylic acid groups (broad SMARTS) is 1. The number of aliphatic carboxylic acids is 1. The molecule has 0 radical (unpaired) electrons. The first kappa shape index (κ1) is 24.1. The lowest BCUT2D eigenvalue weighted by molar-refractivity contribution is -0.194. The van der Waals surface area contributed by atoms with Crippen LogP contribution in [0.5, 0.6) is 0 Å². The molecule has 33 heavy (non-hydrogen) atoms. The molecule has 0 saturated carbocycles. The fourth-order valence-corrected chi connectivity index (χ4v) is 3.78. The number of benzene rings is 2. The van der Waals surface area contributed by atoms with E-state index in [0.29, 0.717) is 6.92 Å². The standard InChI is InChI=1S/C23H23F3N2O5/c1-13(11-19(29)30)27-20(31)22(2,23(24,25)26)28-21(32)33-12-18-16-9-5-3-7-14(16)15-8-4-6-10-17(15)18/h3-10,13,18H,11-12H2,1-2H3,(H,27,31)(H,28,32)(H,29,30)/t13-,22?/m0/s1. The van der Waals surface area contributed by atoms with Crippen LogP contribution in [0.1, 0.15) is 37.3 Å². The van der Waals surface area contributed by atoms with Crippen LogP contribution < -0.4 is 10.6 Å². The van der Waals surface area contributed by atoms with Gasteiger partial charge < -0.3 is 15.2 Å². The van der Waals surface area contributed by atoms with Gasteiger partial charge in [-0.2, -0.15) is 13.2 Å². The molecule has 0 bridgehead atoms. The highest BCUT2D eigenvalue weighted by molar-refractivity contribution is 5.91. The van der Waals surface area contributed by atoms with E-state index in [-0.39, 0.29) is 12.5 Å². The average Bonchev–Trinajstić information content (AvgIpc) is 3.04. The first-order valence-corrected chi connectivity index (χ1v) is 10.2. The Bertz CT molecular complexity index is 1030. The van der Waals surface area contributed by atoms with E-state index < -0.39 is 42.1 Å². The third-order valence-corrected chi connectivity index (χ3v) is 5.58. The number of nitrogens with one attached hydrogen (secondary N) is 2. The van der Waals surface area contributed by atoms with Gasteiger partial charge in [-0.05, 0) is 36.1 Å². The van der Waals surface area contributed by atoms with E-state index in [4.69, 9.17) is 9.84 Å². The predicted octanol–water partition coefficient (Wildman–Crippen LogP) is 3.83. The van der Waals surface area contributed by atoms with E-state index in [1.54, 1.807) is 5.32 Å². The highest BCUT2D eigenvalue weighted by Crippen LogP contribution is 2.44. The number of carboxylic acids is 1. The molecule has 176 valence electrons. The molecule has 3 N–H and O–H groups in total. The SMILES string of the molecule is C[C@@H](CC(=O)O)NC(=O)C(C)(NC(=O)OCC1c2ccccc2-c2ccccc21)C(F)(F)F. The van der Waals surface area contributed by atoms with E-state index in [9.17, 15) is 27.6 Å². The molecule has 0 fully saturated rings. The molecule has 0 heterocycles. The summed E-state index contributed by atoms with van der Waals surface area (Å²) < 4.78 is 46.3. The van der Waals surface area contributed by atoms with Crippen molar-refractivity contribution in [2.75, 3.05) is 6.61 Å². The number of halogens is 3. The van der Waals surface area contributed by atoms with Gasteiger partial charge in [-0.25, -0.2) is 4.79 Å². The monoisotopic (exact) mass is 464 g/mol. The third-order valence-electron chi connectivity index (χ3n) is 5.58. The minimum Gasteiger partial charge on any atom is -0.481 e. The lowest BCUT2D eigenvalue weighted by Gasteiger charge is -2.32. The van der Waals surface area contributed by atoms with Crippen molar-refractivity contribution in [3.05, 3.63) is 59.7 Å². The number of alkyl halides is 3. The Kier molecular flexibility index (Phi) is 6.66. The van der Waals surface area contributed by atoms with Crippen LogP contribution in [0.2, 0.25) is 0 Å². The Morgan fingerprint density at radius 3 is 2.03 bits per heavy atom. The summed E-state index contributed by atoms with van der Waals surface area (Å²) >= 11 is 0. The van der Waals surface area contributed by atoms with Crippen LogP contribution in [-0.4, -0.2) is 47.4 Å². The quantitative estimate of drug-likeness (QED) is 0.578. The summed E-state index contributed by atoms with van der Waals surface area (Å²) in [4.78, 5) is 35.4. The number of hydrogen-bond acceptors (Lipinski definition) is 4. The Morgan fingerprint density at radius 1 is 1.03 bits per heavy atom. The number of amides is 2. The van der Waals surface area contributed by atoms with E-state index >= 15 is 0 Å². The largest absolute Gasteiger partial charge is 0.481 e. The third kappa shape index (κ3) is 4.94. The summed E-state index contributed by atoms with van der Waals surface area (Å²) in [5.74, 6) is -3.25. The number of rotatable bonds is 7. The van der Waals surface area contributed by atoms with Crippen molar-refractivity contribution < 1.29 is 37.4 Å². The molecule has 3 rings (SSSR count). The van der Waals surface area contributed by atoms with Gasteiger partial charge in [0.05, 0.1) is 6.42 Å². The highest BCUT2D eigenvalue weighted by Gasteiger charge is 2.58. The smallest absolute Gasteiger partial charge is 0.420 e. The summed E-state index contributed by atoms with van der Waals surface area (Å²) in [7, 11) is 0. The number of carbonyl (C=O) groups excluding carboxylic acids is 2. The maximum absolute atomic E-state index is 13.7. The van der Waals surface area contributed by atoms with Crippen molar-refractivity contribution in [2.45, 2.75) is 43.9 Å². The zero-order chi connectivity index (χ0) is 24.4. The van der Waals surface area contributed by atoms with Crippen LogP contribution in [0.3, 0.4) is 0 Å². The highest BCUT2D eigenvalue weighted by atomic mass is 19.4. The van der Waals surface area contributed by atoms with Crippen molar-refractivity contribution in [2.24, 2.45) is 0 Å². The normalized spacial score (nSPS) is 15.5. The Balaban J connectivity index is 1.73. The molecule has 2 aromatic carbocycles. The second kappa shape index (κ2) is 9.13. The zero-order valence-corrected chi connectivity index (χ0v) is 17.9. The first-order chi connectivity index (χ1) is 15.4. The van der Waals surface area contributed by atoms with Crippen LogP contribution >= 0.6 is 0 Å². The molecule has 1 aliphatic carbocycles. The number of carbonyl (C=O) groups is 3. The van der Waals surface area contributed by atoms with Gasteiger partial charge in [-0.3, -0.25) is 14.9 Å². The second-order valence-electron chi connectivity index (χ2n) is 8.05. The van der Waals surface area contributed by atoms with Crippen LogP contribution in [0, 0.1) is 0 Å². The molecule has 0 spiro atoms. The van der Waals surface area contributed by atoms with E-state index in [2.05, 4.69) is 0 Å². The molecule has 7 nitrogen and oxygen atoms in total. The number of fused-ring (bicyclic) bond motifs is 3. The maximum Gasteiger partial charge on any atom is 0.420 e. The van der Waals surface area contributed by atoms with Crippen molar-refractivity contribution >= 4 is 18.0 Å². The van der Waals surface area contributed by atoms with Crippen molar-refractivity contribution in [3.63, 3.8) is 0 Å². The van der Waals surface area contributed by atoms with Crippen molar-refractivity contribution in [1.82, 2.24) is 10.6 Å². The molecule has 0 aliphatic heterocycles. The molecule has 2 atom stereocenters. The number of ether oxygens (including phenoxy) is 1. The molecule has 0 aromatic heterocycles. The molecule has 1 aliphatic rings. The van der Waals surface area contributed by atoms with E-state index in [1.807, 2.05) is 53.8 Å². The summed E-state index contributed by atoms with van der Waals surface area (Å²) in [6.45, 7) is 1.51. The average molecular weight is 464 g/mol. The van der Waals surface area contributed by atoms with Gasteiger partial charge >= 0.3 is 18.2 Å². The molecule has 0 saturated heterocycles. The Labute approximate surface area is 187 Å². The first-order valence-electron chi connectivity index (χ1n) is 10.2. The molecule has 2 aromatic rings. The minimum atomic E-state index is -5.16. The minimum absolute atomic E-state index is 0.231. The maximum atomic E-state index is 13.7. The summed E-state index contributed by atoms with van der Waals surface area (Å²) in [6.07, 6.45) is -7.16. The zero-order valence-electron chi connectivity index (χ0n) is 17.9. The van der Waals surface area contributed by atoms with Crippen LogP contribution in [-0.2, 0) is 14.3 Å². The molecular weight excluding hydrogens is 441 g/mol. The molecular formula is C23H23F3N2O5. The molecule has 10 heteroatoms. The Morgan fingerprint density at radius 2 is 1.55 bits per heavy atom. The van der Waals surface area contributed by atoms with Gasteiger partial charge in [0.1, 0.15) is 6.61 Å². The van der Waals surface area contributed by atoms with Crippen LogP contribution in [0.25, 0.3) is 11.1 Å². The van der Waals surface area contributed by atoms with Crippen molar-refractivity contribution in [1.29, 1.82) is 0 Å². The van der Waals surface area contributed by atoms with Gasteiger partial charge in [-0.15, -0.1) is 0 Å². The summed E-state index contributed by atoms with van der Waals surface area (Å²) in [5, 5.41) is 12.3. The summed E-state index contributed by atoms with van der Waals surface area (Å²) in [6, 6.07) is 13.8. The lowest BCUT2D eigenvalue weighted by Crippen LogP contribution is -2.66. The Hall–Kier alpha value is -3.56. The van der Waals surface area contributed by atoms with Gasteiger partial charge in [0.15, 0.2) is 0 Å². The summed E-state index contributed by atoms with van der Waals surface area (Å²) in [5.41, 5.74) is 0.348. The van der Waals surface area contributed by atoms with Gasteiger partial charge in [0, 0.05) is 12.0 Å². The topological polar surface area (TPSA) is 105 Å². The van der Waals surface area contributed by atoms with Crippen molar-refractivity contribution in [3.8, 4) is 11.1 Å². The molecule has 1 unspecified atom stereocenters. The fourth-order valence-electron chi connectivity index (χ4n) is 3.78. The van der Waals surface area contributed by atoms with Gasteiger partial charge in [0.25, 0.3) is 5.91 Å². The van der Waals surface area contributed by atoms with E-state index in [1.165, 1.54) is 6.92 Å². The second-order valence-corrected chi connectivity index (χ2v) is 8.05. The van der Waals surface area contributed by atoms with Crippen LogP contribution in [0.4, 0.5) is 18.0 Å².